The molecule has 2 heterocycles. The molecule has 0 unspecified atom stereocenters. The maximum atomic E-state index is 14.0. The molecule has 0 aliphatic heterocycles. The molecule has 0 spiro atoms. The number of aryl methyl sites for hydroxylation is 1. The molecule has 0 aliphatic carbocycles. The molecular formula is C31H26F2N2O2. The van der Waals surface area contributed by atoms with Gasteiger partial charge in [-0.05, 0) is 66.4 Å². The first-order chi connectivity index (χ1) is 17.9. The number of fused-ring (bicyclic) bond motifs is 1. The SMILES string of the molecule is Cc1ccc(-c2cccnc2[C@@H](CC(=O)Cc2c[nH]c3ccc(O)cc23)Cc2cc(F)cc(F)c2)cc1. The molecule has 0 radical (unpaired) electrons. The summed E-state index contributed by atoms with van der Waals surface area (Å²) in [6.45, 7) is 2.01. The Morgan fingerprint density at radius 1 is 1.00 bits per heavy atom. The number of aromatic amines is 1. The Labute approximate surface area is 213 Å². The summed E-state index contributed by atoms with van der Waals surface area (Å²) >= 11 is 0. The number of H-pyrrole nitrogens is 1. The van der Waals surface area contributed by atoms with Gasteiger partial charge in [-0.15, -0.1) is 0 Å². The minimum absolute atomic E-state index is 0.0355. The molecule has 0 saturated heterocycles. The predicted molar refractivity (Wildman–Crippen MR) is 141 cm³/mol. The van der Waals surface area contributed by atoms with Gasteiger partial charge < -0.3 is 10.1 Å². The van der Waals surface area contributed by atoms with Crippen molar-refractivity contribution in [3.05, 3.63) is 119 Å². The number of halogens is 2. The minimum Gasteiger partial charge on any atom is -0.508 e. The van der Waals surface area contributed by atoms with Gasteiger partial charge in [0, 0.05) is 53.7 Å². The zero-order chi connectivity index (χ0) is 25.9. The number of phenols is 1. The standard InChI is InChI=1S/C31H26F2N2O2/c1-19-4-6-21(7-5-19)28-3-2-10-34-31(28)22(11-20-12-24(32)16-25(33)13-20)14-27(37)15-23-18-35-30-9-8-26(36)17-29(23)30/h2-10,12-13,16-18,22,35-36H,11,14-15H2,1H3/t22-/m1/s1. The van der Waals surface area contributed by atoms with E-state index in [0.29, 0.717) is 11.3 Å². The lowest BCUT2D eigenvalue weighted by Crippen LogP contribution is -2.14. The van der Waals surface area contributed by atoms with Crippen LogP contribution in [0.1, 0.15) is 34.7 Å². The summed E-state index contributed by atoms with van der Waals surface area (Å²) in [7, 11) is 0. The van der Waals surface area contributed by atoms with Gasteiger partial charge in [0.1, 0.15) is 23.2 Å². The van der Waals surface area contributed by atoms with Crippen molar-refractivity contribution in [2.45, 2.75) is 32.1 Å². The fourth-order valence-corrected chi connectivity index (χ4v) is 4.87. The number of carbonyl (C=O) groups is 1. The number of pyridine rings is 1. The predicted octanol–water partition coefficient (Wildman–Crippen LogP) is 7.05. The molecular weight excluding hydrogens is 470 g/mol. The van der Waals surface area contributed by atoms with Crippen LogP contribution in [-0.2, 0) is 17.6 Å². The number of Topliss-reactive ketones (excluding diaryl/α,β-unsaturated/α-hetero) is 1. The fourth-order valence-electron chi connectivity index (χ4n) is 4.87. The number of nitrogens with one attached hydrogen (secondary N) is 1. The van der Waals surface area contributed by atoms with Crippen molar-refractivity contribution < 1.29 is 18.7 Å². The summed E-state index contributed by atoms with van der Waals surface area (Å²) in [5.41, 5.74) is 5.76. The van der Waals surface area contributed by atoms with Crippen molar-refractivity contribution in [2.75, 3.05) is 0 Å². The molecule has 5 aromatic rings. The van der Waals surface area contributed by atoms with Crippen LogP contribution in [0, 0.1) is 18.6 Å². The lowest BCUT2D eigenvalue weighted by molar-refractivity contribution is -0.118. The molecule has 2 aromatic heterocycles. The highest BCUT2D eigenvalue weighted by Crippen LogP contribution is 2.33. The second kappa shape index (κ2) is 10.3. The largest absolute Gasteiger partial charge is 0.508 e. The van der Waals surface area contributed by atoms with Gasteiger partial charge in [0.25, 0.3) is 0 Å². The van der Waals surface area contributed by atoms with Crippen molar-refractivity contribution in [1.29, 1.82) is 0 Å². The molecule has 0 aliphatic rings. The molecule has 4 nitrogen and oxygen atoms in total. The maximum Gasteiger partial charge on any atom is 0.138 e. The third-order valence-electron chi connectivity index (χ3n) is 6.60. The zero-order valence-corrected chi connectivity index (χ0v) is 20.3. The highest BCUT2D eigenvalue weighted by Gasteiger charge is 2.23. The van der Waals surface area contributed by atoms with Gasteiger partial charge in [0.2, 0.25) is 0 Å². The van der Waals surface area contributed by atoms with E-state index >= 15 is 0 Å². The van der Waals surface area contributed by atoms with Crippen LogP contribution in [-0.4, -0.2) is 20.9 Å². The van der Waals surface area contributed by atoms with Crippen molar-refractivity contribution in [3.63, 3.8) is 0 Å². The topological polar surface area (TPSA) is 66.0 Å². The maximum absolute atomic E-state index is 14.0. The van der Waals surface area contributed by atoms with Gasteiger partial charge in [-0.1, -0.05) is 35.9 Å². The Morgan fingerprint density at radius 2 is 1.76 bits per heavy atom. The van der Waals surface area contributed by atoms with Crippen molar-refractivity contribution >= 4 is 16.7 Å². The Hall–Kier alpha value is -4.32. The number of aromatic hydroxyl groups is 1. The molecule has 0 amide bonds. The minimum atomic E-state index is -0.654. The van der Waals surface area contributed by atoms with Crippen LogP contribution in [0.4, 0.5) is 8.78 Å². The highest BCUT2D eigenvalue weighted by atomic mass is 19.1. The number of benzene rings is 3. The summed E-state index contributed by atoms with van der Waals surface area (Å²) in [5.74, 6) is -1.61. The lowest BCUT2D eigenvalue weighted by atomic mass is 9.86. The van der Waals surface area contributed by atoms with E-state index in [1.165, 1.54) is 12.1 Å². The normalized spacial score (nSPS) is 12.1. The van der Waals surface area contributed by atoms with Crippen LogP contribution in [0.2, 0.25) is 0 Å². The number of ketones is 1. The molecule has 1 atom stereocenters. The van der Waals surface area contributed by atoms with Crippen LogP contribution in [0.25, 0.3) is 22.0 Å². The molecule has 5 rings (SSSR count). The highest BCUT2D eigenvalue weighted by molar-refractivity contribution is 5.90. The quantitative estimate of drug-likeness (QED) is 0.242. The van der Waals surface area contributed by atoms with Crippen molar-refractivity contribution in [1.82, 2.24) is 9.97 Å². The Balaban J connectivity index is 1.49. The molecule has 37 heavy (non-hydrogen) atoms. The Kier molecular flexibility index (Phi) is 6.82. The van der Waals surface area contributed by atoms with Gasteiger partial charge in [-0.2, -0.15) is 0 Å². The van der Waals surface area contributed by atoms with E-state index in [0.717, 1.165) is 39.2 Å². The number of hydrogen-bond acceptors (Lipinski definition) is 3. The number of phenolic OH excluding ortho intramolecular Hbond substituents is 1. The van der Waals surface area contributed by atoms with Crippen LogP contribution >= 0.6 is 0 Å². The van der Waals surface area contributed by atoms with Gasteiger partial charge >= 0.3 is 0 Å². The third kappa shape index (κ3) is 5.59. The van der Waals surface area contributed by atoms with Gasteiger partial charge in [-0.25, -0.2) is 8.78 Å². The van der Waals surface area contributed by atoms with Gasteiger partial charge in [0.05, 0.1) is 5.69 Å². The first-order valence-electron chi connectivity index (χ1n) is 12.1. The smallest absolute Gasteiger partial charge is 0.138 e. The van der Waals surface area contributed by atoms with E-state index in [2.05, 4.69) is 9.97 Å². The molecule has 0 bridgehead atoms. The summed E-state index contributed by atoms with van der Waals surface area (Å²) in [4.78, 5) is 21.2. The molecule has 0 saturated carbocycles. The summed E-state index contributed by atoms with van der Waals surface area (Å²) in [6.07, 6.45) is 4.01. The van der Waals surface area contributed by atoms with Crippen LogP contribution in [0.15, 0.2) is 85.2 Å². The molecule has 0 fully saturated rings. The van der Waals surface area contributed by atoms with E-state index in [9.17, 15) is 18.7 Å². The zero-order valence-electron chi connectivity index (χ0n) is 20.3. The first kappa shape index (κ1) is 24.4. The van der Waals surface area contributed by atoms with E-state index in [1.807, 2.05) is 43.3 Å². The summed E-state index contributed by atoms with van der Waals surface area (Å²) in [6, 6.07) is 20.3. The van der Waals surface area contributed by atoms with E-state index in [-0.39, 0.29) is 30.8 Å². The number of rotatable bonds is 8. The van der Waals surface area contributed by atoms with E-state index in [1.54, 1.807) is 30.6 Å². The number of hydrogen-bond donors (Lipinski definition) is 2. The Bertz CT molecular complexity index is 1550. The number of carbonyl (C=O) groups excluding carboxylic acids is 1. The summed E-state index contributed by atoms with van der Waals surface area (Å²) < 4.78 is 28.0. The second-order valence-corrected chi connectivity index (χ2v) is 9.44. The Morgan fingerprint density at radius 3 is 2.51 bits per heavy atom. The fraction of sp³-hybridized carbons (Fsp3) is 0.161. The molecule has 6 heteroatoms. The average molecular weight is 497 g/mol. The first-order valence-corrected chi connectivity index (χ1v) is 12.1. The van der Waals surface area contributed by atoms with Crippen LogP contribution < -0.4 is 0 Å². The van der Waals surface area contributed by atoms with Crippen molar-refractivity contribution in [2.24, 2.45) is 0 Å². The van der Waals surface area contributed by atoms with Crippen LogP contribution in [0.5, 0.6) is 5.75 Å². The number of aromatic nitrogens is 2. The van der Waals surface area contributed by atoms with Gasteiger partial charge in [0.15, 0.2) is 0 Å². The van der Waals surface area contributed by atoms with Gasteiger partial charge in [-0.3, -0.25) is 9.78 Å². The van der Waals surface area contributed by atoms with E-state index in [4.69, 9.17) is 0 Å². The summed E-state index contributed by atoms with van der Waals surface area (Å²) in [5, 5.41) is 10.7. The van der Waals surface area contributed by atoms with E-state index < -0.39 is 17.6 Å². The molecule has 2 N–H and O–H groups in total. The number of nitrogens with zero attached hydrogens (tertiary/aromatic N) is 1. The van der Waals surface area contributed by atoms with Crippen molar-refractivity contribution in [3.8, 4) is 16.9 Å². The lowest BCUT2D eigenvalue weighted by Gasteiger charge is -2.20. The monoisotopic (exact) mass is 496 g/mol. The molecule has 186 valence electrons. The second-order valence-electron chi connectivity index (χ2n) is 9.44. The molecule has 3 aromatic carbocycles. The third-order valence-corrected chi connectivity index (χ3v) is 6.60. The van der Waals surface area contributed by atoms with Crippen LogP contribution in [0.3, 0.4) is 0 Å². The average Bonchev–Trinajstić information content (AvgIpc) is 3.25.